The lowest BCUT2D eigenvalue weighted by Gasteiger charge is -2.02. The Morgan fingerprint density at radius 3 is 3.00 bits per heavy atom. The van der Waals surface area contributed by atoms with Crippen LogP contribution in [0.5, 0.6) is 0 Å². The molecule has 0 aliphatic heterocycles. The number of hydrogen-bond acceptors (Lipinski definition) is 6. The number of fused-ring (bicyclic) bond motifs is 1. The molecule has 110 valence electrons. The maximum Gasteiger partial charge on any atom is 0.181 e. The van der Waals surface area contributed by atoms with E-state index in [9.17, 15) is 4.21 Å². The van der Waals surface area contributed by atoms with E-state index < -0.39 is 10.8 Å². The predicted octanol–water partition coefficient (Wildman–Crippen LogP) is 2.04. The number of nitrogens with two attached hydrogens (primary N) is 1. The largest absolute Gasteiger partial charge is 0.399 e. The van der Waals surface area contributed by atoms with Gasteiger partial charge in [-0.15, -0.1) is 11.3 Å². The quantitative estimate of drug-likeness (QED) is 0.596. The van der Waals surface area contributed by atoms with E-state index in [1.54, 1.807) is 13.2 Å². The predicted molar refractivity (Wildman–Crippen MR) is 82.6 cm³/mol. The van der Waals surface area contributed by atoms with E-state index in [0.29, 0.717) is 35.6 Å². The first-order valence-corrected chi connectivity index (χ1v) is 8.45. The summed E-state index contributed by atoms with van der Waals surface area (Å²) in [7, 11) is 0.563. The summed E-state index contributed by atoms with van der Waals surface area (Å²) < 4.78 is 24.0. The molecular formula is C13H18N2O3S2. The summed E-state index contributed by atoms with van der Waals surface area (Å²) in [5, 5.41) is 0. The molecule has 7 heteroatoms. The monoisotopic (exact) mass is 314 g/mol. The van der Waals surface area contributed by atoms with E-state index in [2.05, 4.69) is 4.98 Å². The van der Waals surface area contributed by atoms with Crippen molar-refractivity contribution in [3.05, 3.63) is 18.2 Å². The second-order valence-electron chi connectivity index (χ2n) is 4.22. The molecule has 0 spiro atoms. The molecule has 1 heterocycles. The molecule has 0 saturated heterocycles. The molecule has 2 rings (SSSR count). The molecule has 0 aliphatic carbocycles. The first-order chi connectivity index (χ1) is 9.70. The lowest BCUT2D eigenvalue weighted by Crippen LogP contribution is -2.06. The molecular weight excluding hydrogens is 296 g/mol. The lowest BCUT2D eigenvalue weighted by atomic mass is 10.3. The average Bonchev–Trinajstić information content (AvgIpc) is 2.85. The minimum atomic E-state index is -1.07. The van der Waals surface area contributed by atoms with Gasteiger partial charge in [-0.2, -0.15) is 0 Å². The van der Waals surface area contributed by atoms with Gasteiger partial charge in [0.25, 0.3) is 0 Å². The number of nitrogen functional groups attached to an aromatic ring is 1. The van der Waals surface area contributed by atoms with E-state index in [1.165, 1.54) is 11.3 Å². The van der Waals surface area contributed by atoms with E-state index in [1.807, 2.05) is 12.1 Å². The number of hydrogen-bond donors (Lipinski definition) is 1. The van der Waals surface area contributed by atoms with Crippen molar-refractivity contribution >= 4 is 38.0 Å². The molecule has 0 saturated carbocycles. The number of anilines is 1. The molecule has 0 aliphatic rings. The second kappa shape index (κ2) is 7.68. The fraction of sp³-hybridized carbons (Fsp3) is 0.462. The number of methoxy groups -OCH3 is 1. The Hall–Kier alpha value is -1.02. The maximum atomic E-state index is 12.1. The van der Waals surface area contributed by atoms with Crippen molar-refractivity contribution in [2.45, 2.75) is 10.8 Å². The normalized spacial score (nSPS) is 12.8. The van der Waals surface area contributed by atoms with Gasteiger partial charge in [-0.3, -0.25) is 4.21 Å². The third kappa shape index (κ3) is 4.24. The molecule has 1 aromatic heterocycles. The molecule has 5 nitrogen and oxygen atoms in total. The van der Waals surface area contributed by atoms with Crippen molar-refractivity contribution in [3.8, 4) is 0 Å². The molecule has 0 fully saturated rings. The fourth-order valence-corrected chi connectivity index (χ4v) is 4.03. The number of thiazole rings is 1. The highest BCUT2D eigenvalue weighted by Crippen LogP contribution is 2.26. The third-order valence-electron chi connectivity index (χ3n) is 2.64. The summed E-state index contributed by atoms with van der Waals surface area (Å²) in [6, 6.07) is 5.52. The molecule has 1 aromatic carbocycles. The molecule has 1 atom stereocenters. The summed E-state index contributed by atoms with van der Waals surface area (Å²) in [5.74, 6) is 0.558. The van der Waals surface area contributed by atoms with Gasteiger partial charge in [0.2, 0.25) is 0 Å². The standard InChI is InChI=1S/C13H18N2O3S2/c1-17-6-7-18-5-2-8-20(16)13-15-11-4-3-10(14)9-12(11)19-13/h3-4,9H,2,5-8,14H2,1H3. The molecule has 20 heavy (non-hydrogen) atoms. The number of ether oxygens (including phenoxy) is 2. The Kier molecular flexibility index (Phi) is 5.90. The second-order valence-corrected chi connectivity index (χ2v) is 6.99. The third-order valence-corrected chi connectivity index (χ3v) is 5.40. The summed E-state index contributed by atoms with van der Waals surface area (Å²) in [5.41, 5.74) is 7.27. The van der Waals surface area contributed by atoms with Crippen molar-refractivity contribution in [2.75, 3.05) is 38.4 Å². The van der Waals surface area contributed by atoms with Gasteiger partial charge in [0.05, 0.1) is 34.2 Å². The van der Waals surface area contributed by atoms with Gasteiger partial charge >= 0.3 is 0 Å². The minimum Gasteiger partial charge on any atom is -0.399 e. The molecule has 0 amide bonds. The van der Waals surface area contributed by atoms with Crippen LogP contribution in [0.25, 0.3) is 10.2 Å². The fourth-order valence-electron chi connectivity index (χ4n) is 1.64. The van der Waals surface area contributed by atoms with Crippen LogP contribution < -0.4 is 5.73 Å². The summed E-state index contributed by atoms with van der Waals surface area (Å²) in [4.78, 5) is 4.38. The highest BCUT2D eigenvalue weighted by atomic mass is 32.2. The van der Waals surface area contributed by atoms with Crippen LogP contribution in [0.4, 0.5) is 5.69 Å². The van der Waals surface area contributed by atoms with Crippen LogP contribution in [0.1, 0.15) is 6.42 Å². The number of nitrogens with zero attached hydrogens (tertiary/aromatic N) is 1. The zero-order chi connectivity index (χ0) is 14.4. The molecule has 2 N–H and O–H groups in total. The highest BCUT2D eigenvalue weighted by molar-refractivity contribution is 7.87. The van der Waals surface area contributed by atoms with Gasteiger partial charge < -0.3 is 15.2 Å². The number of benzene rings is 1. The van der Waals surface area contributed by atoms with Crippen LogP contribution in [-0.2, 0) is 20.3 Å². The van der Waals surface area contributed by atoms with Crippen LogP contribution in [0.3, 0.4) is 0 Å². The van der Waals surface area contributed by atoms with Crippen LogP contribution >= 0.6 is 11.3 Å². The van der Waals surface area contributed by atoms with Crippen molar-refractivity contribution in [1.29, 1.82) is 0 Å². The van der Waals surface area contributed by atoms with Crippen LogP contribution in [0.15, 0.2) is 22.5 Å². The molecule has 2 aromatic rings. The smallest absolute Gasteiger partial charge is 0.181 e. The van der Waals surface area contributed by atoms with Crippen LogP contribution in [0, 0.1) is 0 Å². The van der Waals surface area contributed by atoms with E-state index in [0.717, 1.165) is 16.6 Å². The first-order valence-electron chi connectivity index (χ1n) is 6.32. The Morgan fingerprint density at radius 1 is 1.35 bits per heavy atom. The molecule has 0 bridgehead atoms. The Balaban J connectivity index is 1.85. The zero-order valence-electron chi connectivity index (χ0n) is 11.3. The van der Waals surface area contributed by atoms with Crippen molar-refractivity contribution in [3.63, 3.8) is 0 Å². The first kappa shape index (κ1) is 15.4. The Bertz CT molecular complexity index is 586. The lowest BCUT2D eigenvalue weighted by molar-refractivity contribution is 0.0713. The number of aromatic nitrogens is 1. The van der Waals surface area contributed by atoms with Gasteiger partial charge in [0.15, 0.2) is 4.34 Å². The Labute approximate surface area is 124 Å². The van der Waals surface area contributed by atoms with Gasteiger partial charge in [-0.1, -0.05) is 0 Å². The minimum absolute atomic E-state index is 0.558. The average molecular weight is 314 g/mol. The molecule has 1 unspecified atom stereocenters. The topological polar surface area (TPSA) is 74.4 Å². The molecule has 0 radical (unpaired) electrons. The summed E-state index contributed by atoms with van der Waals surface area (Å²) in [6.07, 6.45) is 0.744. The summed E-state index contributed by atoms with van der Waals surface area (Å²) >= 11 is 1.44. The van der Waals surface area contributed by atoms with Gasteiger partial charge in [-0.25, -0.2) is 4.98 Å². The van der Waals surface area contributed by atoms with Gasteiger partial charge in [0, 0.05) is 25.2 Å². The van der Waals surface area contributed by atoms with Crippen LogP contribution in [-0.4, -0.2) is 41.9 Å². The van der Waals surface area contributed by atoms with Gasteiger partial charge in [-0.05, 0) is 24.6 Å². The van der Waals surface area contributed by atoms with E-state index in [-0.39, 0.29) is 0 Å². The maximum absolute atomic E-state index is 12.1. The number of rotatable bonds is 8. The Morgan fingerprint density at radius 2 is 2.20 bits per heavy atom. The highest BCUT2D eigenvalue weighted by Gasteiger charge is 2.10. The van der Waals surface area contributed by atoms with Crippen molar-refractivity contribution in [2.24, 2.45) is 0 Å². The summed E-state index contributed by atoms with van der Waals surface area (Å²) in [6.45, 7) is 1.75. The zero-order valence-corrected chi connectivity index (χ0v) is 13.0. The van der Waals surface area contributed by atoms with Crippen LogP contribution in [0.2, 0.25) is 0 Å². The van der Waals surface area contributed by atoms with Crippen molar-refractivity contribution in [1.82, 2.24) is 4.98 Å². The van der Waals surface area contributed by atoms with E-state index >= 15 is 0 Å². The SMILES string of the molecule is COCCOCCCS(=O)c1nc2ccc(N)cc2s1. The van der Waals surface area contributed by atoms with E-state index in [4.69, 9.17) is 15.2 Å². The van der Waals surface area contributed by atoms with Gasteiger partial charge in [0.1, 0.15) is 0 Å². The van der Waals surface area contributed by atoms with Crippen molar-refractivity contribution < 1.29 is 13.7 Å².